The summed E-state index contributed by atoms with van der Waals surface area (Å²) in [6, 6.07) is 4.92. The largest absolute Gasteiger partial charge is 0.496 e. The Bertz CT molecular complexity index is 581. The van der Waals surface area contributed by atoms with Gasteiger partial charge in [-0.1, -0.05) is 0 Å². The molecule has 0 radical (unpaired) electrons. The molecule has 7 heteroatoms. The van der Waals surface area contributed by atoms with E-state index in [9.17, 15) is 8.42 Å². The molecule has 1 heterocycles. The first kappa shape index (κ1) is 16.2. The number of hydrogen-bond acceptors (Lipinski definition) is 5. The van der Waals surface area contributed by atoms with E-state index >= 15 is 0 Å². The molecule has 118 valence electrons. The fourth-order valence-electron chi connectivity index (χ4n) is 2.50. The second-order valence-corrected chi connectivity index (χ2v) is 7.04. The number of benzene rings is 1. The van der Waals surface area contributed by atoms with E-state index in [1.54, 1.807) is 25.3 Å². The van der Waals surface area contributed by atoms with Gasteiger partial charge in [0.1, 0.15) is 5.75 Å². The van der Waals surface area contributed by atoms with Gasteiger partial charge in [0.2, 0.25) is 10.0 Å². The fraction of sp³-hybridized carbons (Fsp3) is 0.571. The highest BCUT2D eigenvalue weighted by Gasteiger charge is 2.28. The normalized spacial score (nSPS) is 17.9. The van der Waals surface area contributed by atoms with Crippen molar-refractivity contribution in [2.75, 3.05) is 46.4 Å². The van der Waals surface area contributed by atoms with Gasteiger partial charge in [0.05, 0.1) is 18.6 Å². The van der Waals surface area contributed by atoms with Crippen LogP contribution in [0.1, 0.15) is 5.56 Å². The highest BCUT2D eigenvalue weighted by molar-refractivity contribution is 7.89. The zero-order chi connectivity index (χ0) is 15.5. The van der Waals surface area contributed by atoms with Crippen LogP contribution < -0.4 is 4.74 Å². The number of ether oxygens (including phenoxy) is 1. The molecule has 1 fully saturated rings. The first-order chi connectivity index (χ1) is 9.98. The summed E-state index contributed by atoms with van der Waals surface area (Å²) in [5, 5.41) is 8.92. The summed E-state index contributed by atoms with van der Waals surface area (Å²) in [5.74, 6) is 0.682. The Morgan fingerprint density at radius 2 is 1.90 bits per heavy atom. The van der Waals surface area contributed by atoms with Crippen molar-refractivity contribution in [3.8, 4) is 5.75 Å². The molecule has 1 aliphatic rings. The quantitative estimate of drug-likeness (QED) is 0.846. The summed E-state index contributed by atoms with van der Waals surface area (Å²) >= 11 is 0. The lowest BCUT2D eigenvalue weighted by atomic mass is 10.2. The SMILES string of the molecule is COc1ccc(S(=O)(=O)N2CCN(CCO)CC2)cc1C. The molecule has 1 aliphatic heterocycles. The van der Waals surface area contributed by atoms with Crippen LogP contribution in [-0.2, 0) is 10.0 Å². The summed E-state index contributed by atoms with van der Waals surface area (Å²) in [6.45, 7) is 4.72. The molecule has 0 spiro atoms. The number of aliphatic hydroxyl groups excluding tert-OH is 1. The molecule has 0 saturated carbocycles. The van der Waals surface area contributed by atoms with Gasteiger partial charge in [-0.25, -0.2) is 8.42 Å². The second kappa shape index (κ2) is 6.74. The van der Waals surface area contributed by atoms with Crippen LogP contribution in [0.15, 0.2) is 23.1 Å². The number of methoxy groups -OCH3 is 1. The van der Waals surface area contributed by atoms with Gasteiger partial charge < -0.3 is 9.84 Å². The van der Waals surface area contributed by atoms with Gasteiger partial charge in [-0.15, -0.1) is 0 Å². The van der Waals surface area contributed by atoms with Crippen LogP contribution >= 0.6 is 0 Å². The van der Waals surface area contributed by atoms with Crippen LogP contribution in [0.3, 0.4) is 0 Å². The van der Waals surface area contributed by atoms with Crippen molar-refractivity contribution in [2.45, 2.75) is 11.8 Å². The van der Waals surface area contributed by atoms with Gasteiger partial charge in [-0.2, -0.15) is 4.31 Å². The molecule has 1 saturated heterocycles. The molecule has 21 heavy (non-hydrogen) atoms. The monoisotopic (exact) mass is 314 g/mol. The van der Waals surface area contributed by atoms with E-state index in [1.807, 2.05) is 6.92 Å². The summed E-state index contributed by atoms with van der Waals surface area (Å²) < 4.78 is 31.9. The Kier molecular flexibility index (Phi) is 5.21. The van der Waals surface area contributed by atoms with Crippen molar-refractivity contribution in [2.24, 2.45) is 0 Å². The number of β-amino-alcohol motifs (C(OH)–C–C–N with tert-alkyl or cyclic N) is 1. The zero-order valence-corrected chi connectivity index (χ0v) is 13.3. The van der Waals surface area contributed by atoms with Crippen LogP contribution in [0.4, 0.5) is 0 Å². The molecule has 0 aliphatic carbocycles. The molecule has 0 amide bonds. The fourth-order valence-corrected chi connectivity index (χ4v) is 4.00. The summed E-state index contributed by atoms with van der Waals surface area (Å²) in [6.07, 6.45) is 0. The minimum absolute atomic E-state index is 0.102. The lowest BCUT2D eigenvalue weighted by Gasteiger charge is -2.33. The summed E-state index contributed by atoms with van der Waals surface area (Å²) in [4.78, 5) is 2.36. The van der Waals surface area contributed by atoms with E-state index in [0.717, 1.165) is 5.56 Å². The minimum atomic E-state index is -3.46. The van der Waals surface area contributed by atoms with Crippen molar-refractivity contribution >= 4 is 10.0 Å². The third-order valence-electron chi connectivity index (χ3n) is 3.75. The van der Waals surface area contributed by atoms with Crippen molar-refractivity contribution in [1.29, 1.82) is 0 Å². The molecule has 0 unspecified atom stereocenters. The van der Waals surface area contributed by atoms with Gasteiger partial charge >= 0.3 is 0 Å². The molecule has 6 nitrogen and oxygen atoms in total. The molecule has 2 rings (SSSR count). The maximum absolute atomic E-state index is 12.6. The number of aliphatic hydroxyl groups is 1. The average molecular weight is 314 g/mol. The third-order valence-corrected chi connectivity index (χ3v) is 5.65. The van der Waals surface area contributed by atoms with Crippen LogP contribution in [0, 0.1) is 6.92 Å². The third kappa shape index (κ3) is 3.55. The lowest BCUT2D eigenvalue weighted by Crippen LogP contribution is -2.49. The molecule has 0 aromatic heterocycles. The van der Waals surface area contributed by atoms with Gasteiger partial charge in [0, 0.05) is 32.7 Å². The van der Waals surface area contributed by atoms with Crippen molar-refractivity contribution in [1.82, 2.24) is 9.21 Å². The standard InChI is InChI=1S/C14H22N2O4S/c1-12-11-13(3-4-14(12)20-2)21(18,19)16-7-5-15(6-8-16)9-10-17/h3-4,11,17H,5-10H2,1-2H3. The Hall–Kier alpha value is -1.15. The average Bonchev–Trinajstić information content (AvgIpc) is 2.48. The maximum Gasteiger partial charge on any atom is 0.243 e. The Labute approximate surface area is 126 Å². The van der Waals surface area contributed by atoms with Crippen molar-refractivity contribution in [3.63, 3.8) is 0 Å². The molecule has 1 aromatic carbocycles. The Balaban J connectivity index is 2.14. The number of nitrogens with zero attached hydrogens (tertiary/aromatic N) is 2. The van der Waals surface area contributed by atoms with Gasteiger partial charge in [0.25, 0.3) is 0 Å². The van der Waals surface area contributed by atoms with Gasteiger partial charge in [0.15, 0.2) is 0 Å². The predicted octanol–water partition coefficient (Wildman–Crippen LogP) is 0.302. The zero-order valence-electron chi connectivity index (χ0n) is 12.4. The van der Waals surface area contributed by atoms with Crippen molar-refractivity contribution < 1.29 is 18.3 Å². The molecule has 0 bridgehead atoms. The van der Waals surface area contributed by atoms with E-state index < -0.39 is 10.0 Å². The smallest absolute Gasteiger partial charge is 0.243 e. The molecule has 0 atom stereocenters. The second-order valence-electron chi connectivity index (χ2n) is 5.10. The van der Waals surface area contributed by atoms with E-state index in [-0.39, 0.29) is 6.61 Å². The first-order valence-corrected chi connectivity index (χ1v) is 8.41. The number of aryl methyl sites for hydroxylation is 1. The molecule has 1 aromatic rings. The predicted molar refractivity (Wildman–Crippen MR) is 80.0 cm³/mol. The minimum Gasteiger partial charge on any atom is -0.496 e. The van der Waals surface area contributed by atoms with Crippen LogP contribution in [0.2, 0.25) is 0 Å². The van der Waals surface area contributed by atoms with E-state index in [1.165, 1.54) is 4.31 Å². The Morgan fingerprint density at radius 3 is 2.43 bits per heavy atom. The van der Waals surface area contributed by atoms with E-state index in [4.69, 9.17) is 9.84 Å². The van der Waals surface area contributed by atoms with Crippen molar-refractivity contribution in [3.05, 3.63) is 23.8 Å². The number of piperazine rings is 1. The van der Waals surface area contributed by atoms with Crippen LogP contribution in [-0.4, -0.2) is 69.2 Å². The summed E-state index contributed by atoms with van der Waals surface area (Å²) in [5.41, 5.74) is 0.803. The Morgan fingerprint density at radius 1 is 1.24 bits per heavy atom. The maximum atomic E-state index is 12.6. The molecular formula is C14H22N2O4S. The highest BCUT2D eigenvalue weighted by atomic mass is 32.2. The number of rotatable bonds is 5. The van der Waals surface area contributed by atoms with Crippen LogP contribution in [0.25, 0.3) is 0 Å². The van der Waals surface area contributed by atoms with E-state index in [0.29, 0.717) is 43.4 Å². The first-order valence-electron chi connectivity index (χ1n) is 6.97. The van der Waals surface area contributed by atoms with Gasteiger partial charge in [-0.3, -0.25) is 4.90 Å². The highest BCUT2D eigenvalue weighted by Crippen LogP contribution is 2.24. The summed E-state index contributed by atoms with van der Waals surface area (Å²) in [7, 11) is -1.89. The van der Waals surface area contributed by atoms with Crippen LogP contribution in [0.5, 0.6) is 5.75 Å². The lowest BCUT2D eigenvalue weighted by molar-refractivity contribution is 0.151. The molecular weight excluding hydrogens is 292 g/mol. The van der Waals surface area contributed by atoms with E-state index in [2.05, 4.69) is 4.90 Å². The topological polar surface area (TPSA) is 70.1 Å². The molecule has 1 N–H and O–H groups in total. The number of sulfonamides is 1. The number of hydrogen-bond donors (Lipinski definition) is 1. The van der Waals surface area contributed by atoms with Gasteiger partial charge in [-0.05, 0) is 30.7 Å².